The van der Waals surface area contributed by atoms with E-state index in [1.807, 2.05) is 0 Å². The Morgan fingerprint density at radius 2 is 1.96 bits per heavy atom. The lowest BCUT2D eigenvalue weighted by Gasteiger charge is -2.04. The zero-order valence-electron chi connectivity index (χ0n) is 12.5. The number of hydrogen-bond acceptors (Lipinski definition) is 3. The van der Waals surface area contributed by atoms with Gasteiger partial charge in [0.15, 0.2) is 5.82 Å². The molecule has 0 aliphatic heterocycles. The molecule has 4 rings (SSSR count). The molecule has 3 heterocycles. The van der Waals surface area contributed by atoms with Crippen LogP contribution in [0.25, 0.3) is 31.8 Å². The fourth-order valence-corrected chi connectivity index (χ4v) is 4.20. The van der Waals surface area contributed by atoms with E-state index in [4.69, 9.17) is 11.6 Å². The van der Waals surface area contributed by atoms with Crippen LogP contribution < -0.4 is 0 Å². The number of aromatic nitrogens is 3. The molecule has 0 atom stereocenters. The van der Waals surface area contributed by atoms with Crippen LogP contribution in [0.5, 0.6) is 0 Å². The molecule has 3 nitrogen and oxygen atoms in total. The van der Waals surface area contributed by atoms with Gasteiger partial charge >= 0.3 is 6.18 Å². The van der Waals surface area contributed by atoms with Crippen molar-refractivity contribution < 1.29 is 17.6 Å². The van der Waals surface area contributed by atoms with Gasteiger partial charge in [0.1, 0.15) is 11.5 Å². The molecule has 9 heteroatoms. The van der Waals surface area contributed by atoms with E-state index in [-0.39, 0.29) is 11.3 Å². The molecule has 0 saturated heterocycles. The van der Waals surface area contributed by atoms with Gasteiger partial charge in [0, 0.05) is 17.1 Å². The lowest BCUT2D eigenvalue weighted by molar-refractivity contribution is -0.141. The molecule has 4 aromatic rings. The fraction of sp³-hybridized carbons (Fsp3) is 0.125. The third-order valence-electron chi connectivity index (χ3n) is 3.85. The van der Waals surface area contributed by atoms with Gasteiger partial charge in [0.25, 0.3) is 0 Å². The van der Waals surface area contributed by atoms with Crippen molar-refractivity contribution in [3.8, 4) is 10.7 Å². The number of nitrogens with zero attached hydrogens (tertiary/aromatic N) is 3. The Kier molecular flexibility index (Phi) is 3.52. The number of aryl methyl sites for hydroxylation is 1. The van der Waals surface area contributed by atoms with Crippen molar-refractivity contribution in [3.63, 3.8) is 0 Å². The third kappa shape index (κ3) is 2.56. The first-order chi connectivity index (χ1) is 11.8. The van der Waals surface area contributed by atoms with Gasteiger partial charge in [-0.2, -0.15) is 13.2 Å². The second kappa shape index (κ2) is 5.40. The molecule has 0 saturated carbocycles. The van der Waals surface area contributed by atoms with E-state index in [2.05, 4.69) is 9.97 Å². The SMILES string of the molecule is Cn1c(-c2sc3cc(F)ccc3c2Cl)nc2cc(C(F)(F)F)ncc21. The van der Waals surface area contributed by atoms with Crippen LogP contribution in [-0.4, -0.2) is 14.5 Å². The smallest absolute Gasteiger partial charge is 0.325 e. The van der Waals surface area contributed by atoms with Gasteiger partial charge in [0.05, 0.1) is 27.1 Å². The van der Waals surface area contributed by atoms with E-state index in [1.165, 1.54) is 23.5 Å². The standard InChI is InChI=1S/C16H8ClF4N3S/c1-24-10-6-22-12(16(19,20)21)5-9(10)23-15(24)14-13(17)8-3-2-7(18)4-11(8)25-14/h2-6H,1H3. The Hall–Kier alpha value is -2.19. The zero-order chi connectivity index (χ0) is 17.9. The first-order valence-electron chi connectivity index (χ1n) is 7.03. The molecular formula is C16H8ClF4N3S. The summed E-state index contributed by atoms with van der Waals surface area (Å²) in [5.74, 6) is 0.0173. The van der Waals surface area contributed by atoms with E-state index >= 15 is 0 Å². The number of rotatable bonds is 1. The Labute approximate surface area is 147 Å². The fourth-order valence-electron chi connectivity index (χ4n) is 2.63. The van der Waals surface area contributed by atoms with Crippen LogP contribution in [0.3, 0.4) is 0 Å². The summed E-state index contributed by atoms with van der Waals surface area (Å²) in [4.78, 5) is 8.31. The molecule has 25 heavy (non-hydrogen) atoms. The highest BCUT2D eigenvalue weighted by Gasteiger charge is 2.33. The quantitative estimate of drug-likeness (QED) is 0.396. The maximum atomic E-state index is 13.4. The van der Waals surface area contributed by atoms with Crippen LogP contribution in [0.15, 0.2) is 30.5 Å². The molecule has 0 aliphatic carbocycles. The second-order valence-corrected chi connectivity index (χ2v) is 6.87. The summed E-state index contributed by atoms with van der Waals surface area (Å²) < 4.78 is 54.2. The first-order valence-corrected chi connectivity index (χ1v) is 8.23. The number of benzene rings is 1. The Balaban J connectivity index is 1.95. The van der Waals surface area contributed by atoms with E-state index in [0.717, 1.165) is 12.3 Å². The first kappa shape index (κ1) is 16.3. The van der Waals surface area contributed by atoms with Gasteiger partial charge in [-0.25, -0.2) is 14.4 Å². The number of hydrogen-bond donors (Lipinski definition) is 0. The Morgan fingerprint density at radius 1 is 1.20 bits per heavy atom. The van der Waals surface area contributed by atoms with Crippen molar-refractivity contribution in [2.75, 3.05) is 0 Å². The summed E-state index contributed by atoms with van der Waals surface area (Å²) in [6.07, 6.45) is -3.41. The normalized spacial score (nSPS) is 12.4. The highest BCUT2D eigenvalue weighted by Crippen LogP contribution is 2.42. The Bertz CT molecular complexity index is 1130. The summed E-state index contributed by atoms with van der Waals surface area (Å²) in [6.45, 7) is 0. The maximum absolute atomic E-state index is 13.4. The van der Waals surface area contributed by atoms with Gasteiger partial charge in [-0.05, 0) is 24.3 Å². The highest BCUT2D eigenvalue weighted by molar-refractivity contribution is 7.23. The molecule has 0 N–H and O–H groups in total. The van der Waals surface area contributed by atoms with Crippen LogP contribution in [0, 0.1) is 5.82 Å². The minimum atomic E-state index is -4.54. The lowest BCUT2D eigenvalue weighted by Crippen LogP contribution is -2.07. The van der Waals surface area contributed by atoms with Crippen molar-refractivity contribution in [2.24, 2.45) is 7.05 Å². The van der Waals surface area contributed by atoms with Crippen LogP contribution in [0.4, 0.5) is 17.6 Å². The molecule has 0 radical (unpaired) electrons. The number of alkyl halides is 3. The van der Waals surface area contributed by atoms with Crippen LogP contribution >= 0.6 is 22.9 Å². The molecule has 128 valence electrons. The molecule has 0 unspecified atom stereocenters. The van der Waals surface area contributed by atoms with Crippen LogP contribution in [0.1, 0.15) is 5.69 Å². The number of pyridine rings is 1. The summed E-state index contributed by atoms with van der Waals surface area (Å²) >= 11 is 7.62. The molecular weight excluding hydrogens is 378 g/mol. The van der Waals surface area contributed by atoms with Crippen molar-refractivity contribution in [1.82, 2.24) is 14.5 Å². The van der Waals surface area contributed by atoms with Gasteiger partial charge < -0.3 is 4.57 Å². The number of thiophene rings is 1. The average molecular weight is 386 g/mol. The van der Waals surface area contributed by atoms with Crippen molar-refractivity contribution in [1.29, 1.82) is 0 Å². The van der Waals surface area contributed by atoms with Gasteiger partial charge in [-0.1, -0.05) is 11.6 Å². The minimum absolute atomic E-state index is 0.166. The highest BCUT2D eigenvalue weighted by atomic mass is 35.5. The monoisotopic (exact) mass is 385 g/mol. The van der Waals surface area contributed by atoms with Crippen molar-refractivity contribution in [3.05, 3.63) is 47.0 Å². The topological polar surface area (TPSA) is 30.7 Å². The molecule has 0 spiro atoms. The van der Waals surface area contributed by atoms with E-state index in [1.54, 1.807) is 17.7 Å². The average Bonchev–Trinajstić information content (AvgIpc) is 3.03. The predicted octanol–water partition coefficient (Wildman–Crippen LogP) is 5.66. The van der Waals surface area contributed by atoms with Gasteiger partial charge in [-0.3, -0.25) is 0 Å². The molecule has 3 aromatic heterocycles. The molecule has 0 amide bonds. The third-order valence-corrected chi connectivity index (χ3v) is 5.51. The van der Waals surface area contributed by atoms with Gasteiger partial charge in [-0.15, -0.1) is 11.3 Å². The predicted molar refractivity (Wildman–Crippen MR) is 89.3 cm³/mol. The lowest BCUT2D eigenvalue weighted by atomic mass is 10.2. The second-order valence-electron chi connectivity index (χ2n) is 5.44. The van der Waals surface area contributed by atoms with Crippen LogP contribution in [-0.2, 0) is 13.2 Å². The Morgan fingerprint density at radius 3 is 2.68 bits per heavy atom. The summed E-state index contributed by atoms with van der Waals surface area (Å²) in [5.41, 5.74) is -0.392. The van der Waals surface area contributed by atoms with E-state index in [9.17, 15) is 17.6 Å². The van der Waals surface area contributed by atoms with Crippen molar-refractivity contribution >= 4 is 44.1 Å². The molecule has 0 aliphatic rings. The van der Waals surface area contributed by atoms with E-state index in [0.29, 0.717) is 31.3 Å². The molecule has 0 bridgehead atoms. The van der Waals surface area contributed by atoms with Crippen LogP contribution in [0.2, 0.25) is 5.02 Å². The summed E-state index contributed by atoms with van der Waals surface area (Å²) in [7, 11) is 1.67. The van der Waals surface area contributed by atoms with Crippen molar-refractivity contribution in [2.45, 2.75) is 6.18 Å². The summed E-state index contributed by atoms with van der Waals surface area (Å²) in [5, 5.41) is 1.06. The largest absolute Gasteiger partial charge is 0.433 e. The summed E-state index contributed by atoms with van der Waals surface area (Å²) in [6, 6.07) is 5.14. The zero-order valence-corrected chi connectivity index (χ0v) is 14.1. The number of fused-ring (bicyclic) bond motifs is 2. The minimum Gasteiger partial charge on any atom is -0.325 e. The van der Waals surface area contributed by atoms with Gasteiger partial charge in [0.2, 0.25) is 0 Å². The molecule has 1 aromatic carbocycles. The molecule has 0 fully saturated rings. The number of halogens is 5. The number of imidazole rings is 1. The maximum Gasteiger partial charge on any atom is 0.433 e. The van der Waals surface area contributed by atoms with E-state index < -0.39 is 11.9 Å².